The van der Waals surface area contributed by atoms with E-state index in [0.717, 1.165) is 49.7 Å². The first kappa shape index (κ1) is 18.5. The topological polar surface area (TPSA) is 12.5 Å². The van der Waals surface area contributed by atoms with E-state index < -0.39 is 11.6 Å². The van der Waals surface area contributed by atoms with Crippen molar-refractivity contribution >= 4 is 0 Å². The Bertz CT molecular complexity index is 821. The quantitative estimate of drug-likeness (QED) is 0.539. The lowest BCUT2D eigenvalue weighted by atomic mass is 9.75. The van der Waals surface area contributed by atoms with Crippen LogP contribution in [0, 0.1) is 17.5 Å². The Hall–Kier alpha value is -1.81. The molecule has 1 saturated carbocycles. The van der Waals surface area contributed by atoms with Gasteiger partial charge in [0.2, 0.25) is 0 Å². The van der Waals surface area contributed by atoms with Crippen LogP contribution in [0.15, 0.2) is 30.3 Å². The fraction of sp³-hybridized carbons (Fsp3) is 0.478. The molecule has 4 heteroatoms. The smallest absolute Gasteiger partial charge is 0.165 e. The van der Waals surface area contributed by atoms with Gasteiger partial charge in [0, 0.05) is 5.56 Å². The number of halogens is 3. The normalized spacial score (nSPS) is 24.8. The van der Waals surface area contributed by atoms with Crippen LogP contribution in [0.2, 0.25) is 0 Å². The summed E-state index contributed by atoms with van der Waals surface area (Å²) in [6.45, 7) is 2.51. The van der Waals surface area contributed by atoms with E-state index in [1.807, 2.05) is 19.1 Å². The van der Waals surface area contributed by atoms with Crippen LogP contribution < -0.4 is 0 Å². The van der Waals surface area contributed by atoms with Crippen molar-refractivity contribution in [3.05, 3.63) is 70.0 Å². The Morgan fingerprint density at radius 3 is 2.15 bits per heavy atom. The first-order valence-electron chi connectivity index (χ1n) is 9.96. The van der Waals surface area contributed by atoms with E-state index in [9.17, 15) is 13.2 Å². The highest BCUT2D eigenvalue weighted by Crippen LogP contribution is 2.43. The van der Waals surface area contributed by atoms with Crippen molar-refractivity contribution < 1.29 is 17.9 Å². The van der Waals surface area contributed by atoms with Gasteiger partial charge >= 0.3 is 0 Å². The van der Waals surface area contributed by atoms with Crippen LogP contribution in [0.5, 0.6) is 0 Å². The summed E-state index contributed by atoms with van der Waals surface area (Å²) in [6, 6.07) is 8.98. The van der Waals surface area contributed by atoms with E-state index in [4.69, 9.17) is 4.74 Å². The van der Waals surface area contributed by atoms with Crippen LogP contribution in [0.1, 0.15) is 79.2 Å². The molecule has 1 atom stereocenters. The van der Waals surface area contributed by atoms with Crippen molar-refractivity contribution in [2.24, 2.45) is 0 Å². The third-order valence-corrected chi connectivity index (χ3v) is 6.06. The van der Waals surface area contributed by atoms with Crippen molar-refractivity contribution in [3.63, 3.8) is 0 Å². The maximum Gasteiger partial charge on any atom is 0.165 e. The summed E-state index contributed by atoms with van der Waals surface area (Å²) in [7, 11) is 0. The number of hydrogen-bond donors (Lipinski definition) is 0. The van der Waals surface area contributed by atoms with Gasteiger partial charge in [0.1, 0.15) is 11.9 Å². The lowest BCUT2D eigenvalue weighted by Gasteiger charge is -2.29. The van der Waals surface area contributed by atoms with E-state index in [0.29, 0.717) is 23.7 Å². The Morgan fingerprint density at radius 2 is 1.52 bits per heavy atom. The Morgan fingerprint density at radius 1 is 0.889 bits per heavy atom. The van der Waals surface area contributed by atoms with Crippen molar-refractivity contribution in [2.75, 3.05) is 6.61 Å². The molecular weight excluding hydrogens is 349 g/mol. The fourth-order valence-electron chi connectivity index (χ4n) is 4.40. The number of aryl methyl sites for hydroxylation is 1. The van der Waals surface area contributed by atoms with Crippen LogP contribution >= 0.6 is 0 Å². The number of hydrogen-bond acceptors (Lipinski definition) is 1. The molecule has 27 heavy (non-hydrogen) atoms. The van der Waals surface area contributed by atoms with E-state index in [1.54, 1.807) is 18.2 Å². The lowest BCUT2D eigenvalue weighted by Crippen LogP contribution is -2.14. The fourth-order valence-corrected chi connectivity index (χ4v) is 4.40. The van der Waals surface area contributed by atoms with Crippen LogP contribution in [-0.2, 0) is 11.2 Å². The van der Waals surface area contributed by atoms with Crippen LogP contribution in [-0.4, -0.2) is 6.61 Å². The first-order valence-corrected chi connectivity index (χ1v) is 9.96. The van der Waals surface area contributed by atoms with Crippen molar-refractivity contribution in [2.45, 2.75) is 63.4 Å². The van der Waals surface area contributed by atoms with E-state index in [2.05, 4.69) is 0 Å². The molecule has 1 nitrogen and oxygen atoms in total. The number of rotatable bonds is 5. The minimum absolute atomic E-state index is 0.0223. The third kappa shape index (κ3) is 3.77. The maximum absolute atomic E-state index is 14.5. The predicted octanol–water partition coefficient (Wildman–Crippen LogP) is 6.57. The number of epoxide rings is 1. The molecule has 2 fully saturated rings. The van der Waals surface area contributed by atoms with Crippen LogP contribution in [0.3, 0.4) is 0 Å². The standard InChI is InChI=1S/C23H25F3O/c1-2-3-16-8-9-17(12-20(16)24)14-4-6-15(7-5-14)18-10-11-19(21-13-27-21)23(26)22(18)25/h8-12,14-15,21H,2-7,13H2,1H3. The minimum atomic E-state index is -0.759. The molecule has 144 valence electrons. The van der Waals surface area contributed by atoms with Gasteiger partial charge in [0.05, 0.1) is 6.61 Å². The van der Waals surface area contributed by atoms with Gasteiger partial charge in [-0.25, -0.2) is 13.2 Å². The Kier molecular flexibility index (Phi) is 5.27. The summed E-state index contributed by atoms with van der Waals surface area (Å²) in [6.07, 6.45) is 4.71. The molecular formula is C23H25F3O. The summed E-state index contributed by atoms with van der Waals surface area (Å²) < 4.78 is 48.2. The molecule has 0 N–H and O–H groups in total. The van der Waals surface area contributed by atoms with E-state index in [-0.39, 0.29) is 17.8 Å². The minimum Gasteiger partial charge on any atom is -0.368 e. The second-order valence-electron chi connectivity index (χ2n) is 7.84. The summed E-state index contributed by atoms with van der Waals surface area (Å²) in [5.74, 6) is -1.29. The molecule has 1 unspecified atom stereocenters. The molecule has 2 aromatic carbocycles. The zero-order valence-corrected chi connectivity index (χ0v) is 15.6. The molecule has 0 radical (unpaired) electrons. The van der Waals surface area contributed by atoms with Gasteiger partial charge in [0.25, 0.3) is 0 Å². The van der Waals surface area contributed by atoms with E-state index >= 15 is 0 Å². The second kappa shape index (κ2) is 7.67. The highest BCUT2D eigenvalue weighted by molar-refractivity contribution is 5.33. The summed E-state index contributed by atoms with van der Waals surface area (Å²) >= 11 is 0. The highest BCUT2D eigenvalue weighted by Gasteiger charge is 2.32. The molecule has 1 heterocycles. The van der Waals surface area contributed by atoms with Crippen LogP contribution in [0.4, 0.5) is 13.2 Å². The molecule has 0 spiro atoms. The molecule has 0 amide bonds. The Labute approximate surface area is 158 Å². The summed E-state index contributed by atoms with van der Waals surface area (Å²) in [4.78, 5) is 0. The largest absolute Gasteiger partial charge is 0.368 e. The third-order valence-electron chi connectivity index (χ3n) is 6.06. The van der Waals surface area contributed by atoms with Crippen molar-refractivity contribution in [1.29, 1.82) is 0 Å². The van der Waals surface area contributed by atoms with Gasteiger partial charge in [-0.3, -0.25) is 0 Å². The Balaban J connectivity index is 1.45. The highest BCUT2D eigenvalue weighted by atomic mass is 19.2. The average molecular weight is 374 g/mol. The van der Waals surface area contributed by atoms with Gasteiger partial charge in [-0.2, -0.15) is 0 Å². The maximum atomic E-state index is 14.5. The predicted molar refractivity (Wildman–Crippen MR) is 99.4 cm³/mol. The SMILES string of the molecule is CCCc1ccc(C2CCC(c3ccc(C4CO4)c(F)c3F)CC2)cc1F. The number of benzene rings is 2. The summed E-state index contributed by atoms with van der Waals surface area (Å²) in [5.41, 5.74) is 2.60. The summed E-state index contributed by atoms with van der Waals surface area (Å²) in [5, 5.41) is 0. The lowest BCUT2D eigenvalue weighted by molar-refractivity contribution is 0.375. The molecule has 0 aromatic heterocycles. The second-order valence-corrected chi connectivity index (χ2v) is 7.84. The van der Waals surface area contributed by atoms with Crippen molar-refractivity contribution in [1.82, 2.24) is 0 Å². The average Bonchev–Trinajstić information content (AvgIpc) is 3.51. The van der Waals surface area contributed by atoms with Gasteiger partial charge < -0.3 is 4.74 Å². The molecule has 2 aliphatic rings. The van der Waals surface area contributed by atoms with Gasteiger partial charge in [0.15, 0.2) is 11.6 Å². The molecule has 1 aliphatic heterocycles. The van der Waals surface area contributed by atoms with Crippen LogP contribution in [0.25, 0.3) is 0 Å². The zero-order valence-electron chi connectivity index (χ0n) is 15.6. The molecule has 1 aliphatic carbocycles. The monoisotopic (exact) mass is 374 g/mol. The molecule has 4 rings (SSSR count). The van der Waals surface area contributed by atoms with E-state index in [1.165, 1.54) is 0 Å². The van der Waals surface area contributed by atoms with Gasteiger partial charge in [-0.1, -0.05) is 37.6 Å². The van der Waals surface area contributed by atoms with Gasteiger partial charge in [-0.05, 0) is 66.7 Å². The number of ether oxygens (including phenoxy) is 1. The molecule has 0 bridgehead atoms. The molecule has 1 saturated heterocycles. The van der Waals surface area contributed by atoms with Crippen molar-refractivity contribution in [3.8, 4) is 0 Å². The molecule has 2 aromatic rings. The first-order chi connectivity index (χ1) is 13.1. The zero-order chi connectivity index (χ0) is 19.0. The van der Waals surface area contributed by atoms with Gasteiger partial charge in [-0.15, -0.1) is 0 Å².